The number of rotatable bonds is 2. The molecule has 134 valence electrons. The molecule has 3 heterocycles. The van der Waals surface area contributed by atoms with Crippen LogP contribution in [0, 0.1) is 13.8 Å². The first-order chi connectivity index (χ1) is 12.0. The van der Waals surface area contributed by atoms with Crippen LogP contribution >= 0.6 is 0 Å². The maximum atomic E-state index is 13.1. The predicted molar refractivity (Wildman–Crippen MR) is 102 cm³/mol. The van der Waals surface area contributed by atoms with Crippen LogP contribution in [0.2, 0.25) is 0 Å². The summed E-state index contributed by atoms with van der Waals surface area (Å²) in [5.41, 5.74) is 4.38. The molecular formula is C21H29N3O. The SMILES string of the molecule is Cc1c(C(=O)N2CC(N3CCCC[C@@H]3C)C2)n(C)c2c(C)cccc12. The van der Waals surface area contributed by atoms with Crippen molar-refractivity contribution in [1.82, 2.24) is 14.4 Å². The maximum Gasteiger partial charge on any atom is 0.270 e. The number of carbonyl (C=O) groups is 1. The summed E-state index contributed by atoms with van der Waals surface area (Å²) in [6.07, 6.45) is 3.95. The Kier molecular flexibility index (Phi) is 4.11. The number of carbonyl (C=O) groups excluding carboxylic acids is 1. The van der Waals surface area contributed by atoms with Crippen molar-refractivity contribution in [2.24, 2.45) is 7.05 Å². The Morgan fingerprint density at radius 3 is 2.60 bits per heavy atom. The van der Waals surface area contributed by atoms with Gasteiger partial charge in [-0.05, 0) is 51.3 Å². The number of likely N-dealkylation sites (tertiary alicyclic amines) is 2. The zero-order valence-corrected chi connectivity index (χ0v) is 15.9. The third-order valence-electron chi connectivity index (χ3n) is 6.34. The number of hydrogen-bond donors (Lipinski definition) is 0. The van der Waals surface area contributed by atoms with Gasteiger partial charge in [-0.2, -0.15) is 0 Å². The van der Waals surface area contributed by atoms with Gasteiger partial charge in [0.1, 0.15) is 5.69 Å². The van der Waals surface area contributed by atoms with E-state index in [9.17, 15) is 4.79 Å². The fraction of sp³-hybridized carbons (Fsp3) is 0.571. The molecule has 1 aromatic carbocycles. The monoisotopic (exact) mass is 339 g/mol. The zero-order chi connectivity index (χ0) is 17.7. The molecule has 4 rings (SSSR count). The van der Waals surface area contributed by atoms with Gasteiger partial charge in [0.15, 0.2) is 0 Å². The van der Waals surface area contributed by atoms with E-state index in [0.29, 0.717) is 12.1 Å². The summed E-state index contributed by atoms with van der Waals surface area (Å²) in [7, 11) is 2.03. The van der Waals surface area contributed by atoms with E-state index in [1.807, 2.05) is 11.9 Å². The topological polar surface area (TPSA) is 28.5 Å². The number of amides is 1. The number of aryl methyl sites for hydroxylation is 3. The Hall–Kier alpha value is -1.81. The van der Waals surface area contributed by atoms with E-state index in [1.54, 1.807) is 0 Å². The standard InChI is InChI=1S/C21H29N3O/c1-14-8-7-10-18-16(3)20(22(4)19(14)18)21(25)23-12-17(13-23)24-11-6-5-9-15(24)2/h7-8,10,15,17H,5-6,9,11-13H2,1-4H3/t15-/m0/s1. The second-order valence-corrected chi connectivity index (χ2v) is 7.95. The summed E-state index contributed by atoms with van der Waals surface area (Å²) < 4.78 is 2.10. The Bertz CT molecular complexity index is 816. The summed E-state index contributed by atoms with van der Waals surface area (Å²) in [5, 5.41) is 1.20. The lowest BCUT2D eigenvalue weighted by atomic mass is 9.97. The fourth-order valence-electron chi connectivity index (χ4n) is 4.85. The van der Waals surface area contributed by atoms with Gasteiger partial charge < -0.3 is 9.47 Å². The molecule has 2 fully saturated rings. The maximum absolute atomic E-state index is 13.1. The smallest absolute Gasteiger partial charge is 0.270 e. The number of fused-ring (bicyclic) bond motifs is 1. The van der Waals surface area contributed by atoms with E-state index in [1.165, 1.54) is 42.3 Å². The molecule has 1 aromatic heterocycles. The van der Waals surface area contributed by atoms with Crippen molar-refractivity contribution < 1.29 is 4.79 Å². The zero-order valence-electron chi connectivity index (χ0n) is 15.9. The molecule has 0 saturated carbocycles. The van der Waals surface area contributed by atoms with Crippen LogP contribution in [0.25, 0.3) is 10.9 Å². The molecule has 0 unspecified atom stereocenters. The van der Waals surface area contributed by atoms with Gasteiger partial charge in [0.2, 0.25) is 0 Å². The molecule has 0 spiro atoms. The first kappa shape index (κ1) is 16.6. The minimum absolute atomic E-state index is 0.191. The molecule has 1 atom stereocenters. The van der Waals surface area contributed by atoms with Gasteiger partial charge in [0, 0.05) is 37.6 Å². The van der Waals surface area contributed by atoms with Crippen LogP contribution in [0.5, 0.6) is 0 Å². The van der Waals surface area contributed by atoms with Crippen LogP contribution in [-0.4, -0.2) is 52.0 Å². The van der Waals surface area contributed by atoms with Crippen molar-refractivity contribution in [3.63, 3.8) is 0 Å². The van der Waals surface area contributed by atoms with Crippen LogP contribution in [0.15, 0.2) is 18.2 Å². The quantitative estimate of drug-likeness (QED) is 0.838. The minimum atomic E-state index is 0.191. The number of piperidine rings is 1. The number of nitrogens with zero attached hydrogens (tertiary/aromatic N) is 3. The molecule has 2 aliphatic rings. The van der Waals surface area contributed by atoms with Crippen LogP contribution in [0.3, 0.4) is 0 Å². The van der Waals surface area contributed by atoms with E-state index in [4.69, 9.17) is 0 Å². The summed E-state index contributed by atoms with van der Waals surface area (Å²) >= 11 is 0. The van der Waals surface area contributed by atoms with Crippen LogP contribution in [0.1, 0.15) is 47.8 Å². The Labute approximate surface area is 150 Å². The van der Waals surface area contributed by atoms with Crippen molar-refractivity contribution in [2.75, 3.05) is 19.6 Å². The largest absolute Gasteiger partial charge is 0.339 e. The lowest BCUT2D eigenvalue weighted by molar-refractivity contribution is 0.00160. The van der Waals surface area contributed by atoms with Crippen molar-refractivity contribution in [2.45, 2.75) is 52.1 Å². The predicted octanol–water partition coefficient (Wildman–Crippen LogP) is 3.49. The van der Waals surface area contributed by atoms with E-state index in [2.05, 4.69) is 48.4 Å². The molecule has 0 aliphatic carbocycles. The van der Waals surface area contributed by atoms with E-state index < -0.39 is 0 Å². The highest BCUT2D eigenvalue weighted by atomic mass is 16.2. The van der Waals surface area contributed by atoms with E-state index >= 15 is 0 Å². The second-order valence-electron chi connectivity index (χ2n) is 7.95. The van der Waals surface area contributed by atoms with Gasteiger partial charge in [-0.1, -0.05) is 24.6 Å². The average molecular weight is 339 g/mol. The number of aromatic nitrogens is 1. The van der Waals surface area contributed by atoms with E-state index in [-0.39, 0.29) is 5.91 Å². The fourth-order valence-corrected chi connectivity index (χ4v) is 4.85. The lowest BCUT2D eigenvalue weighted by Gasteiger charge is -2.49. The molecule has 2 aromatic rings. The molecule has 2 saturated heterocycles. The lowest BCUT2D eigenvalue weighted by Crippen LogP contribution is -2.63. The van der Waals surface area contributed by atoms with Gasteiger partial charge in [0.25, 0.3) is 5.91 Å². The first-order valence-corrected chi connectivity index (χ1v) is 9.58. The van der Waals surface area contributed by atoms with Crippen molar-refractivity contribution in [3.8, 4) is 0 Å². The summed E-state index contributed by atoms with van der Waals surface area (Å²) in [6.45, 7) is 9.49. The molecule has 4 heteroatoms. The Morgan fingerprint density at radius 1 is 1.16 bits per heavy atom. The minimum Gasteiger partial charge on any atom is -0.339 e. The second kappa shape index (κ2) is 6.17. The first-order valence-electron chi connectivity index (χ1n) is 9.58. The van der Waals surface area contributed by atoms with Gasteiger partial charge in [-0.15, -0.1) is 0 Å². The molecule has 25 heavy (non-hydrogen) atoms. The van der Waals surface area contributed by atoms with Gasteiger partial charge >= 0.3 is 0 Å². The van der Waals surface area contributed by atoms with Gasteiger partial charge in [-0.25, -0.2) is 0 Å². The molecule has 2 aliphatic heterocycles. The Morgan fingerprint density at radius 2 is 1.92 bits per heavy atom. The number of para-hydroxylation sites is 1. The van der Waals surface area contributed by atoms with Crippen molar-refractivity contribution in [3.05, 3.63) is 35.0 Å². The molecule has 0 N–H and O–H groups in total. The number of benzene rings is 1. The van der Waals surface area contributed by atoms with Crippen LogP contribution in [0.4, 0.5) is 0 Å². The third kappa shape index (κ3) is 2.58. The van der Waals surface area contributed by atoms with E-state index in [0.717, 1.165) is 24.3 Å². The highest BCUT2D eigenvalue weighted by Crippen LogP contribution is 2.30. The molecule has 1 amide bonds. The summed E-state index contributed by atoms with van der Waals surface area (Å²) in [4.78, 5) is 17.8. The summed E-state index contributed by atoms with van der Waals surface area (Å²) in [5.74, 6) is 0.191. The Balaban J connectivity index is 1.55. The highest BCUT2D eigenvalue weighted by molar-refractivity contribution is 6.02. The van der Waals surface area contributed by atoms with Crippen LogP contribution < -0.4 is 0 Å². The third-order valence-corrected chi connectivity index (χ3v) is 6.34. The molecular weight excluding hydrogens is 310 g/mol. The van der Waals surface area contributed by atoms with Crippen LogP contribution in [-0.2, 0) is 7.05 Å². The normalized spacial score (nSPS) is 22.4. The van der Waals surface area contributed by atoms with Crippen molar-refractivity contribution >= 4 is 16.8 Å². The average Bonchev–Trinajstić information content (AvgIpc) is 2.80. The van der Waals surface area contributed by atoms with Crippen molar-refractivity contribution in [1.29, 1.82) is 0 Å². The molecule has 0 radical (unpaired) electrons. The van der Waals surface area contributed by atoms with Gasteiger partial charge in [0.05, 0.1) is 5.52 Å². The molecule has 0 bridgehead atoms. The number of hydrogen-bond acceptors (Lipinski definition) is 2. The highest BCUT2D eigenvalue weighted by Gasteiger charge is 2.38. The molecule has 4 nitrogen and oxygen atoms in total. The van der Waals surface area contributed by atoms with Gasteiger partial charge in [-0.3, -0.25) is 9.69 Å². The summed E-state index contributed by atoms with van der Waals surface area (Å²) in [6, 6.07) is 7.54.